The first-order chi connectivity index (χ1) is 12.7. The van der Waals surface area contributed by atoms with Gasteiger partial charge >= 0.3 is 0 Å². The number of amides is 1. The number of carbonyl (C=O) groups is 1. The van der Waals surface area contributed by atoms with Crippen LogP contribution >= 0.6 is 0 Å². The van der Waals surface area contributed by atoms with Gasteiger partial charge in [0.2, 0.25) is 0 Å². The van der Waals surface area contributed by atoms with Gasteiger partial charge in [-0.1, -0.05) is 51.1 Å². The first kappa shape index (κ1) is 20.8. The van der Waals surface area contributed by atoms with Crippen LogP contribution in [-0.4, -0.2) is 25.2 Å². The Morgan fingerprint density at radius 1 is 1.04 bits per heavy atom. The summed E-state index contributed by atoms with van der Waals surface area (Å²) >= 11 is 0. The van der Waals surface area contributed by atoms with E-state index in [0.717, 1.165) is 28.2 Å². The summed E-state index contributed by atoms with van der Waals surface area (Å²) in [6, 6.07) is 13.9. The number of aryl methyl sites for hydroxylation is 1. The SMILES string of the molecule is Cc1cccc(O[C@H](C)C(=O)NCCOc2ccccc2C(C)(C)C)c1C. The van der Waals surface area contributed by atoms with Crippen molar-refractivity contribution in [2.75, 3.05) is 13.2 Å². The average Bonchev–Trinajstić information content (AvgIpc) is 2.62. The highest BCUT2D eigenvalue weighted by molar-refractivity contribution is 5.80. The minimum Gasteiger partial charge on any atom is -0.491 e. The Labute approximate surface area is 162 Å². The van der Waals surface area contributed by atoms with E-state index < -0.39 is 6.10 Å². The summed E-state index contributed by atoms with van der Waals surface area (Å²) in [7, 11) is 0. The maximum absolute atomic E-state index is 12.3. The van der Waals surface area contributed by atoms with Crippen molar-refractivity contribution in [1.29, 1.82) is 0 Å². The lowest BCUT2D eigenvalue weighted by molar-refractivity contribution is -0.127. The van der Waals surface area contributed by atoms with Gasteiger partial charge in [-0.3, -0.25) is 4.79 Å². The van der Waals surface area contributed by atoms with E-state index in [4.69, 9.17) is 9.47 Å². The fourth-order valence-corrected chi connectivity index (χ4v) is 2.79. The monoisotopic (exact) mass is 369 g/mol. The Morgan fingerprint density at radius 3 is 2.41 bits per heavy atom. The van der Waals surface area contributed by atoms with Crippen molar-refractivity contribution in [3.8, 4) is 11.5 Å². The van der Waals surface area contributed by atoms with Gasteiger partial charge in [-0.2, -0.15) is 0 Å². The van der Waals surface area contributed by atoms with Crippen LogP contribution < -0.4 is 14.8 Å². The molecule has 4 heteroatoms. The largest absolute Gasteiger partial charge is 0.491 e. The molecular formula is C23H31NO3. The molecule has 0 saturated carbocycles. The minimum absolute atomic E-state index is 0.00781. The van der Waals surface area contributed by atoms with E-state index in [-0.39, 0.29) is 11.3 Å². The second-order valence-electron chi connectivity index (χ2n) is 7.84. The molecule has 0 spiro atoms. The van der Waals surface area contributed by atoms with Crippen molar-refractivity contribution >= 4 is 5.91 Å². The molecular weight excluding hydrogens is 338 g/mol. The molecule has 1 atom stereocenters. The van der Waals surface area contributed by atoms with E-state index in [0.29, 0.717) is 13.2 Å². The Kier molecular flexibility index (Phi) is 6.89. The number of ether oxygens (including phenoxy) is 2. The molecule has 2 aromatic carbocycles. The first-order valence-corrected chi connectivity index (χ1v) is 9.43. The van der Waals surface area contributed by atoms with Gasteiger partial charge in [0.15, 0.2) is 6.10 Å². The number of hydrogen-bond acceptors (Lipinski definition) is 3. The third kappa shape index (κ3) is 5.75. The van der Waals surface area contributed by atoms with Crippen LogP contribution in [0.15, 0.2) is 42.5 Å². The number of rotatable bonds is 7. The van der Waals surface area contributed by atoms with Gasteiger partial charge in [0, 0.05) is 0 Å². The van der Waals surface area contributed by atoms with Gasteiger partial charge in [-0.25, -0.2) is 0 Å². The highest BCUT2D eigenvalue weighted by Crippen LogP contribution is 2.30. The third-order valence-electron chi connectivity index (χ3n) is 4.58. The summed E-state index contributed by atoms with van der Waals surface area (Å²) in [4.78, 5) is 12.3. The van der Waals surface area contributed by atoms with E-state index in [2.05, 4.69) is 32.2 Å². The molecule has 0 radical (unpaired) electrons. The van der Waals surface area contributed by atoms with Gasteiger partial charge in [-0.15, -0.1) is 0 Å². The van der Waals surface area contributed by atoms with Crippen LogP contribution in [0, 0.1) is 13.8 Å². The van der Waals surface area contributed by atoms with Crippen molar-refractivity contribution in [3.63, 3.8) is 0 Å². The molecule has 27 heavy (non-hydrogen) atoms. The van der Waals surface area contributed by atoms with Gasteiger partial charge in [0.25, 0.3) is 5.91 Å². The van der Waals surface area contributed by atoms with Crippen LogP contribution in [0.5, 0.6) is 11.5 Å². The molecule has 0 bridgehead atoms. The zero-order valence-electron chi connectivity index (χ0n) is 17.3. The molecule has 0 heterocycles. The molecule has 0 fully saturated rings. The molecule has 0 aliphatic carbocycles. The number of benzene rings is 2. The normalized spacial score (nSPS) is 12.4. The Hall–Kier alpha value is -2.49. The van der Waals surface area contributed by atoms with Crippen LogP contribution in [0.4, 0.5) is 0 Å². The van der Waals surface area contributed by atoms with Crippen molar-refractivity contribution < 1.29 is 14.3 Å². The fraction of sp³-hybridized carbons (Fsp3) is 0.435. The van der Waals surface area contributed by atoms with E-state index in [9.17, 15) is 4.79 Å². The molecule has 0 unspecified atom stereocenters. The zero-order chi connectivity index (χ0) is 20.0. The summed E-state index contributed by atoms with van der Waals surface area (Å²) in [5.41, 5.74) is 3.36. The maximum atomic E-state index is 12.3. The highest BCUT2D eigenvalue weighted by Gasteiger charge is 2.19. The van der Waals surface area contributed by atoms with Crippen LogP contribution in [0.3, 0.4) is 0 Å². The van der Waals surface area contributed by atoms with Crippen LogP contribution in [0.1, 0.15) is 44.4 Å². The van der Waals surface area contributed by atoms with Crippen molar-refractivity contribution in [2.45, 2.75) is 53.1 Å². The topological polar surface area (TPSA) is 47.6 Å². The molecule has 0 aromatic heterocycles. The van der Waals surface area contributed by atoms with Crippen molar-refractivity contribution in [2.24, 2.45) is 0 Å². The fourth-order valence-electron chi connectivity index (χ4n) is 2.79. The second-order valence-corrected chi connectivity index (χ2v) is 7.84. The Morgan fingerprint density at radius 2 is 1.70 bits per heavy atom. The molecule has 0 aliphatic heterocycles. The second kappa shape index (κ2) is 8.94. The molecule has 0 saturated heterocycles. The smallest absolute Gasteiger partial charge is 0.260 e. The van der Waals surface area contributed by atoms with Crippen LogP contribution in [-0.2, 0) is 10.2 Å². The third-order valence-corrected chi connectivity index (χ3v) is 4.58. The van der Waals surface area contributed by atoms with Crippen LogP contribution in [0.2, 0.25) is 0 Å². The lowest BCUT2D eigenvalue weighted by atomic mass is 9.86. The van der Waals surface area contributed by atoms with Gasteiger partial charge in [-0.05, 0) is 55.0 Å². The zero-order valence-corrected chi connectivity index (χ0v) is 17.3. The Balaban J connectivity index is 1.84. The molecule has 1 N–H and O–H groups in total. The predicted molar refractivity (Wildman–Crippen MR) is 110 cm³/mol. The van der Waals surface area contributed by atoms with Gasteiger partial charge in [0.05, 0.1) is 6.54 Å². The molecule has 4 nitrogen and oxygen atoms in total. The summed E-state index contributed by atoms with van der Waals surface area (Å²) < 4.78 is 11.7. The molecule has 1 amide bonds. The molecule has 2 rings (SSSR count). The number of para-hydroxylation sites is 1. The van der Waals surface area contributed by atoms with E-state index >= 15 is 0 Å². The van der Waals surface area contributed by atoms with Crippen molar-refractivity contribution in [3.05, 3.63) is 59.2 Å². The van der Waals surface area contributed by atoms with Crippen LogP contribution in [0.25, 0.3) is 0 Å². The molecule has 0 aliphatic rings. The summed E-state index contributed by atoms with van der Waals surface area (Å²) in [6.45, 7) is 13.1. The Bertz CT molecular complexity index is 777. The standard InChI is InChI=1S/C23H31NO3/c1-16-10-9-13-20(17(16)2)27-18(3)22(25)24-14-15-26-21-12-8-7-11-19(21)23(4,5)6/h7-13,18H,14-15H2,1-6H3,(H,24,25)/t18-/m1/s1. The van der Waals surface area contributed by atoms with Crippen molar-refractivity contribution in [1.82, 2.24) is 5.32 Å². The number of nitrogens with one attached hydrogen (secondary N) is 1. The number of carbonyl (C=O) groups excluding carboxylic acids is 1. The lowest BCUT2D eigenvalue weighted by Crippen LogP contribution is -2.38. The molecule has 2 aromatic rings. The summed E-state index contributed by atoms with van der Waals surface area (Å²) in [6.07, 6.45) is -0.563. The molecule has 146 valence electrons. The summed E-state index contributed by atoms with van der Waals surface area (Å²) in [5.74, 6) is 1.45. The van der Waals surface area contributed by atoms with Gasteiger partial charge < -0.3 is 14.8 Å². The summed E-state index contributed by atoms with van der Waals surface area (Å²) in [5, 5.41) is 2.88. The average molecular weight is 370 g/mol. The number of hydrogen-bond donors (Lipinski definition) is 1. The predicted octanol–water partition coefficient (Wildman–Crippen LogP) is 4.56. The maximum Gasteiger partial charge on any atom is 0.260 e. The minimum atomic E-state index is -0.563. The highest BCUT2D eigenvalue weighted by atomic mass is 16.5. The van der Waals surface area contributed by atoms with Gasteiger partial charge in [0.1, 0.15) is 18.1 Å². The van der Waals surface area contributed by atoms with E-state index in [1.54, 1.807) is 6.92 Å². The first-order valence-electron chi connectivity index (χ1n) is 9.43. The van der Waals surface area contributed by atoms with E-state index in [1.165, 1.54) is 0 Å². The lowest BCUT2D eigenvalue weighted by Gasteiger charge is -2.23. The quantitative estimate of drug-likeness (QED) is 0.728. The van der Waals surface area contributed by atoms with E-state index in [1.807, 2.05) is 50.2 Å².